The fourth-order valence-corrected chi connectivity index (χ4v) is 2.97. The van der Waals surface area contributed by atoms with Crippen LogP contribution in [0, 0.1) is 18.3 Å². The van der Waals surface area contributed by atoms with Crippen LogP contribution in [0.3, 0.4) is 0 Å². The summed E-state index contributed by atoms with van der Waals surface area (Å²) in [6, 6.07) is 9.54. The van der Waals surface area contributed by atoms with E-state index in [1.807, 2.05) is 6.07 Å². The van der Waals surface area contributed by atoms with Crippen molar-refractivity contribution in [1.82, 2.24) is 15.2 Å². The molecule has 0 aliphatic rings. The Kier molecular flexibility index (Phi) is 3.59. The number of nitrogens with one attached hydrogen (secondary N) is 2. The van der Waals surface area contributed by atoms with Crippen LogP contribution in [0.5, 0.6) is 0 Å². The van der Waals surface area contributed by atoms with Crippen LogP contribution in [-0.4, -0.2) is 23.6 Å². The fourth-order valence-electron chi connectivity index (χ4n) is 1.92. The first-order valence-electron chi connectivity index (χ1n) is 6.50. The van der Waals surface area contributed by atoms with Gasteiger partial charge in [0.1, 0.15) is 10.6 Å². The summed E-state index contributed by atoms with van der Waals surface area (Å²) in [5.41, 5.74) is 1.07. The van der Waals surface area contributed by atoms with Gasteiger partial charge < -0.3 is 9.40 Å². The van der Waals surface area contributed by atoms with E-state index in [-0.39, 0.29) is 10.8 Å². The number of hydrogen-bond acceptors (Lipinski definition) is 6. The summed E-state index contributed by atoms with van der Waals surface area (Å²) in [5, 5.41) is 16.4. The summed E-state index contributed by atoms with van der Waals surface area (Å²) in [6.07, 6.45) is 1.32. The Morgan fingerprint density at radius 2 is 2.13 bits per heavy atom. The number of aromatic amines is 1. The third-order valence-corrected chi connectivity index (χ3v) is 4.33. The summed E-state index contributed by atoms with van der Waals surface area (Å²) >= 11 is 0. The molecule has 0 atom stereocenters. The van der Waals surface area contributed by atoms with Crippen molar-refractivity contribution in [2.75, 3.05) is 4.72 Å². The van der Waals surface area contributed by atoms with Crippen LogP contribution in [0.2, 0.25) is 0 Å². The SMILES string of the molecule is Cc1nnc(-c2cc(S(=O)(=O)Nc3cccc(C#N)c3)c[nH]2)o1. The van der Waals surface area contributed by atoms with E-state index in [4.69, 9.17) is 9.68 Å². The molecule has 0 radical (unpaired) electrons. The second kappa shape index (κ2) is 5.58. The van der Waals surface area contributed by atoms with Gasteiger partial charge in [-0.2, -0.15) is 5.26 Å². The van der Waals surface area contributed by atoms with Gasteiger partial charge in [-0.05, 0) is 24.3 Å². The van der Waals surface area contributed by atoms with Gasteiger partial charge in [0.05, 0.1) is 17.3 Å². The third kappa shape index (κ3) is 3.07. The smallest absolute Gasteiger partial charge is 0.264 e. The molecule has 3 aromatic rings. The van der Waals surface area contributed by atoms with Crippen LogP contribution in [0.1, 0.15) is 11.5 Å². The molecule has 0 saturated heterocycles. The predicted octanol–water partition coefficient (Wildman–Crippen LogP) is 2.05. The Bertz CT molecular complexity index is 997. The lowest BCUT2D eigenvalue weighted by molar-refractivity contribution is 0.531. The highest BCUT2D eigenvalue weighted by Crippen LogP contribution is 2.22. The molecule has 8 nitrogen and oxygen atoms in total. The van der Waals surface area contributed by atoms with E-state index in [0.717, 1.165) is 0 Å². The first-order chi connectivity index (χ1) is 11.0. The number of benzene rings is 1. The number of aryl methyl sites for hydroxylation is 1. The molecule has 116 valence electrons. The van der Waals surface area contributed by atoms with Gasteiger partial charge in [0, 0.05) is 13.1 Å². The fraction of sp³-hybridized carbons (Fsp3) is 0.0714. The van der Waals surface area contributed by atoms with Gasteiger partial charge in [-0.15, -0.1) is 10.2 Å². The van der Waals surface area contributed by atoms with Crippen LogP contribution in [-0.2, 0) is 10.0 Å². The zero-order chi connectivity index (χ0) is 16.4. The van der Waals surface area contributed by atoms with Crippen molar-refractivity contribution in [3.05, 3.63) is 48.0 Å². The van der Waals surface area contributed by atoms with Gasteiger partial charge in [-0.3, -0.25) is 4.72 Å². The molecule has 0 bridgehead atoms. The molecule has 2 heterocycles. The number of nitrogens with zero attached hydrogens (tertiary/aromatic N) is 3. The van der Waals surface area contributed by atoms with Gasteiger partial charge >= 0.3 is 0 Å². The molecule has 0 aliphatic carbocycles. The van der Waals surface area contributed by atoms with Gasteiger partial charge in [-0.25, -0.2) is 8.42 Å². The molecule has 3 rings (SSSR count). The van der Waals surface area contributed by atoms with Crippen molar-refractivity contribution in [3.63, 3.8) is 0 Å². The van der Waals surface area contributed by atoms with Crippen LogP contribution in [0.15, 0.2) is 45.8 Å². The molecule has 0 unspecified atom stereocenters. The van der Waals surface area contributed by atoms with Gasteiger partial charge in [0.2, 0.25) is 5.89 Å². The number of anilines is 1. The third-order valence-electron chi connectivity index (χ3n) is 2.97. The normalized spacial score (nSPS) is 11.1. The monoisotopic (exact) mass is 329 g/mol. The molecule has 0 fully saturated rings. The predicted molar refractivity (Wildman–Crippen MR) is 80.8 cm³/mol. The van der Waals surface area contributed by atoms with Crippen LogP contribution >= 0.6 is 0 Å². The van der Waals surface area contributed by atoms with E-state index in [1.54, 1.807) is 25.1 Å². The van der Waals surface area contributed by atoms with Crippen molar-refractivity contribution in [2.24, 2.45) is 0 Å². The summed E-state index contributed by atoms with van der Waals surface area (Å²) in [6.45, 7) is 1.64. The topological polar surface area (TPSA) is 125 Å². The zero-order valence-electron chi connectivity index (χ0n) is 11.9. The minimum Gasteiger partial charge on any atom is -0.420 e. The maximum atomic E-state index is 12.4. The zero-order valence-corrected chi connectivity index (χ0v) is 12.8. The minimum atomic E-state index is -3.80. The van der Waals surface area contributed by atoms with Gasteiger partial charge in [0.25, 0.3) is 15.9 Å². The van der Waals surface area contributed by atoms with E-state index in [0.29, 0.717) is 22.8 Å². The lowest BCUT2D eigenvalue weighted by Crippen LogP contribution is -2.12. The summed E-state index contributed by atoms with van der Waals surface area (Å²) in [4.78, 5) is 2.80. The van der Waals surface area contributed by atoms with Crippen LogP contribution < -0.4 is 4.72 Å². The molecular formula is C14H11N5O3S. The molecule has 2 aromatic heterocycles. The molecule has 1 aromatic carbocycles. The molecule has 0 aliphatic heterocycles. The molecular weight excluding hydrogens is 318 g/mol. The Morgan fingerprint density at radius 1 is 1.30 bits per heavy atom. The average Bonchev–Trinajstić information content (AvgIpc) is 3.16. The number of H-pyrrole nitrogens is 1. The Labute approximate surface area is 131 Å². The first-order valence-corrected chi connectivity index (χ1v) is 7.98. The van der Waals surface area contributed by atoms with E-state index in [1.165, 1.54) is 18.3 Å². The Hall–Kier alpha value is -3.12. The molecule has 0 saturated carbocycles. The second-order valence-electron chi connectivity index (χ2n) is 4.67. The van der Waals surface area contributed by atoms with E-state index in [9.17, 15) is 8.42 Å². The highest BCUT2D eigenvalue weighted by atomic mass is 32.2. The Balaban J connectivity index is 1.88. The lowest BCUT2D eigenvalue weighted by atomic mass is 10.2. The first kappa shape index (κ1) is 14.8. The Morgan fingerprint density at radius 3 is 2.83 bits per heavy atom. The van der Waals surface area contributed by atoms with Crippen molar-refractivity contribution in [3.8, 4) is 17.7 Å². The van der Waals surface area contributed by atoms with Crippen molar-refractivity contribution in [1.29, 1.82) is 5.26 Å². The quantitative estimate of drug-likeness (QED) is 0.754. The van der Waals surface area contributed by atoms with Crippen LogP contribution in [0.25, 0.3) is 11.6 Å². The number of nitriles is 1. The molecule has 0 amide bonds. The average molecular weight is 329 g/mol. The number of rotatable bonds is 4. The minimum absolute atomic E-state index is 0.0192. The second-order valence-corrected chi connectivity index (χ2v) is 6.36. The van der Waals surface area contributed by atoms with Gasteiger partial charge in [0.15, 0.2) is 0 Å². The lowest BCUT2D eigenvalue weighted by Gasteiger charge is -2.06. The van der Waals surface area contributed by atoms with Crippen LogP contribution in [0.4, 0.5) is 5.69 Å². The largest absolute Gasteiger partial charge is 0.420 e. The standard InChI is InChI=1S/C14H11N5O3S/c1-9-17-18-14(22-9)13-6-12(8-16-13)23(20,21)19-11-4-2-3-10(5-11)7-15/h2-6,8,16,19H,1H3. The molecule has 0 spiro atoms. The van der Waals surface area contributed by atoms with E-state index in [2.05, 4.69) is 19.9 Å². The van der Waals surface area contributed by atoms with Crippen molar-refractivity contribution >= 4 is 15.7 Å². The maximum absolute atomic E-state index is 12.4. The maximum Gasteiger partial charge on any atom is 0.264 e. The molecule has 2 N–H and O–H groups in total. The molecule has 23 heavy (non-hydrogen) atoms. The summed E-state index contributed by atoms with van der Waals surface area (Å²) in [7, 11) is -3.80. The number of aromatic nitrogens is 3. The molecule has 9 heteroatoms. The number of hydrogen-bond donors (Lipinski definition) is 2. The number of sulfonamides is 1. The van der Waals surface area contributed by atoms with Crippen molar-refractivity contribution < 1.29 is 12.8 Å². The summed E-state index contributed by atoms with van der Waals surface area (Å²) < 4.78 is 32.4. The van der Waals surface area contributed by atoms with E-state index < -0.39 is 10.0 Å². The highest BCUT2D eigenvalue weighted by Gasteiger charge is 2.18. The van der Waals surface area contributed by atoms with E-state index >= 15 is 0 Å². The summed E-state index contributed by atoms with van der Waals surface area (Å²) in [5.74, 6) is 0.584. The van der Waals surface area contributed by atoms with Gasteiger partial charge in [-0.1, -0.05) is 6.07 Å². The van der Waals surface area contributed by atoms with Crippen molar-refractivity contribution in [2.45, 2.75) is 11.8 Å². The highest BCUT2D eigenvalue weighted by molar-refractivity contribution is 7.92.